The number of aromatic nitrogens is 1. The number of anilines is 1. The van der Waals surface area contributed by atoms with Gasteiger partial charge in [0, 0.05) is 29.4 Å². The van der Waals surface area contributed by atoms with E-state index in [1.807, 2.05) is 0 Å². The Morgan fingerprint density at radius 2 is 1.93 bits per heavy atom. The third kappa shape index (κ3) is 3.63. The van der Waals surface area contributed by atoms with Crippen molar-refractivity contribution in [2.75, 3.05) is 25.2 Å². The predicted octanol–water partition coefficient (Wildman–Crippen LogP) is 4.19. The van der Waals surface area contributed by atoms with E-state index in [0.717, 1.165) is 6.07 Å². The minimum atomic E-state index is -4.55. The van der Waals surface area contributed by atoms with Crippen LogP contribution in [-0.2, 0) is 15.7 Å². The third-order valence-corrected chi connectivity index (χ3v) is 4.89. The van der Waals surface area contributed by atoms with E-state index in [9.17, 15) is 22.8 Å². The highest BCUT2D eigenvalue weighted by atomic mass is 19.4. The number of carbonyl (C=O) groups is 1. The number of hydrogen-bond acceptors (Lipinski definition) is 4. The second-order valence-electron chi connectivity index (χ2n) is 6.90. The normalized spacial score (nSPS) is 16.9. The molecule has 6 nitrogen and oxygen atoms in total. The quantitative estimate of drug-likeness (QED) is 0.690. The van der Waals surface area contributed by atoms with E-state index in [1.54, 1.807) is 12.1 Å². The average molecular weight is 418 g/mol. The number of fused-ring (bicyclic) bond motifs is 1. The van der Waals surface area contributed by atoms with E-state index < -0.39 is 29.5 Å². The van der Waals surface area contributed by atoms with Gasteiger partial charge in [-0.05, 0) is 29.7 Å². The lowest BCUT2D eigenvalue weighted by Crippen LogP contribution is -2.25. The summed E-state index contributed by atoms with van der Waals surface area (Å²) in [6.45, 7) is 0.519. The highest BCUT2D eigenvalue weighted by molar-refractivity contribution is 5.94. The van der Waals surface area contributed by atoms with Crippen LogP contribution in [-0.4, -0.2) is 37.4 Å². The van der Waals surface area contributed by atoms with Gasteiger partial charge in [-0.3, -0.25) is 9.69 Å². The van der Waals surface area contributed by atoms with Gasteiger partial charge in [-0.15, -0.1) is 0 Å². The number of hydrogen-bond donors (Lipinski definition) is 1. The molecule has 30 heavy (non-hydrogen) atoms. The monoisotopic (exact) mass is 418 g/mol. The van der Waals surface area contributed by atoms with Crippen LogP contribution in [0.4, 0.5) is 23.7 Å². The van der Waals surface area contributed by atoms with Crippen LogP contribution >= 0.6 is 0 Å². The molecule has 9 heteroatoms. The second-order valence-corrected chi connectivity index (χ2v) is 6.90. The van der Waals surface area contributed by atoms with Gasteiger partial charge in [0.1, 0.15) is 6.10 Å². The van der Waals surface area contributed by atoms with Gasteiger partial charge in [0.05, 0.1) is 18.7 Å². The van der Waals surface area contributed by atoms with Crippen molar-refractivity contribution in [3.63, 3.8) is 0 Å². The number of H-pyrrole nitrogens is 1. The number of ether oxygens (including phenoxy) is 2. The van der Waals surface area contributed by atoms with Crippen molar-refractivity contribution >= 4 is 22.6 Å². The number of amides is 1. The van der Waals surface area contributed by atoms with Gasteiger partial charge in [0.15, 0.2) is 0 Å². The lowest BCUT2D eigenvalue weighted by atomic mass is 10.0. The van der Waals surface area contributed by atoms with E-state index in [0.29, 0.717) is 11.1 Å². The lowest BCUT2D eigenvalue weighted by molar-refractivity contribution is -0.137. The van der Waals surface area contributed by atoms with Crippen molar-refractivity contribution in [1.82, 2.24) is 4.98 Å². The molecular weight excluding hydrogens is 401 g/mol. The van der Waals surface area contributed by atoms with Crippen molar-refractivity contribution in [3.05, 3.63) is 64.4 Å². The van der Waals surface area contributed by atoms with Crippen LogP contribution < -0.4 is 10.5 Å². The molecule has 1 aliphatic rings. The number of alkyl halides is 3. The maximum Gasteiger partial charge on any atom is 0.417 e. The molecule has 3 aromatic rings. The van der Waals surface area contributed by atoms with E-state index in [1.165, 1.54) is 42.3 Å². The van der Waals surface area contributed by atoms with Crippen molar-refractivity contribution in [2.45, 2.75) is 12.3 Å². The number of halogens is 3. The van der Waals surface area contributed by atoms with Crippen molar-refractivity contribution in [3.8, 4) is 11.3 Å². The molecule has 0 saturated carbocycles. The van der Waals surface area contributed by atoms with E-state index in [4.69, 9.17) is 9.47 Å². The van der Waals surface area contributed by atoms with Gasteiger partial charge in [-0.2, -0.15) is 13.2 Å². The minimum absolute atomic E-state index is 0.0638. The summed E-state index contributed by atoms with van der Waals surface area (Å²) < 4.78 is 50.2. The Kier molecular flexibility index (Phi) is 4.98. The summed E-state index contributed by atoms with van der Waals surface area (Å²) in [5.41, 5.74) is -0.976. The fourth-order valence-electron chi connectivity index (χ4n) is 3.53. The largest absolute Gasteiger partial charge is 0.441 e. The van der Waals surface area contributed by atoms with E-state index in [2.05, 4.69) is 4.98 Å². The van der Waals surface area contributed by atoms with Crippen LogP contribution in [0.2, 0.25) is 0 Å². The van der Waals surface area contributed by atoms with Crippen molar-refractivity contribution < 1.29 is 27.4 Å². The van der Waals surface area contributed by atoms with Crippen LogP contribution in [0.15, 0.2) is 53.3 Å². The minimum Gasteiger partial charge on any atom is -0.441 e. The van der Waals surface area contributed by atoms with Gasteiger partial charge in [-0.1, -0.05) is 24.3 Å². The zero-order valence-corrected chi connectivity index (χ0v) is 15.8. The van der Waals surface area contributed by atoms with Crippen molar-refractivity contribution in [1.29, 1.82) is 0 Å². The molecule has 2 aromatic carbocycles. The molecule has 0 spiro atoms. The number of aromatic amines is 1. The molecule has 1 fully saturated rings. The van der Waals surface area contributed by atoms with Crippen LogP contribution in [0.25, 0.3) is 22.0 Å². The molecular formula is C21H17F3N2O4. The van der Waals surface area contributed by atoms with Crippen LogP contribution in [0, 0.1) is 0 Å². The second kappa shape index (κ2) is 7.49. The first-order valence-corrected chi connectivity index (χ1v) is 9.08. The molecule has 1 N–H and O–H groups in total. The number of nitrogens with zero attached hydrogens (tertiary/aromatic N) is 1. The van der Waals surface area contributed by atoms with Crippen LogP contribution in [0.3, 0.4) is 0 Å². The zero-order valence-electron chi connectivity index (χ0n) is 15.8. The Morgan fingerprint density at radius 3 is 2.67 bits per heavy atom. The number of benzene rings is 2. The first-order valence-electron chi connectivity index (χ1n) is 9.08. The SMILES string of the molecule is COC[C@H]1CN(c2ccc3cc(-c4ccccc4C(F)(F)F)[nH]c(=O)c3c2)C(=O)O1. The Balaban J connectivity index is 1.75. The molecule has 1 atom stereocenters. The third-order valence-electron chi connectivity index (χ3n) is 4.89. The van der Waals surface area contributed by atoms with Gasteiger partial charge in [0.25, 0.3) is 5.56 Å². The average Bonchev–Trinajstić information content (AvgIpc) is 3.07. The summed E-state index contributed by atoms with van der Waals surface area (Å²) in [6.07, 6.45) is -5.53. The maximum atomic E-state index is 13.3. The number of nitrogens with one attached hydrogen (secondary N) is 1. The van der Waals surface area contributed by atoms with Gasteiger partial charge in [0.2, 0.25) is 0 Å². The molecule has 0 aliphatic carbocycles. The Bertz CT molecular complexity index is 1170. The maximum absolute atomic E-state index is 13.3. The number of methoxy groups -OCH3 is 1. The molecule has 4 rings (SSSR count). The zero-order chi connectivity index (χ0) is 21.5. The fourth-order valence-corrected chi connectivity index (χ4v) is 3.53. The van der Waals surface area contributed by atoms with E-state index in [-0.39, 0.29) is 29.8 Å². The van der Waals surface area contributed by atoms with Crippen LogP contribution in [0.1, 0.15) is 5.56 Å². The number of carbonyl (C=O) groups excluding carboxylic acids is 1. The van der Waals surface area contributed by atoms with Crippen LogP contribution in [0.5, 0.6) is 0 Å². The molecule has 2 heterocycles. The highest BCUT2D eigenvalue weighted by Crippen LogP contribution is 2.36. The molecule has 0 unspecified atom stereocenters. The molecule has 1 amide bonds. The molecule has 1 saturated heterocycles. The summed E-state index contributed by atoms with van der Waals surface area (Å²) in [5.74, 6) is 0. The summed E-state index contributed by atoms with van der Waals surface area (Å²) >= 11 is 0. The molecule has 0 bridgehead atoms. The lowest BCUT2D eigenvalue weighted by Gasteiger charge is -2.15. The van der Waals surface area contributed by atoms with Crippen molar-refractivity contribution in [2.24, 2.45) is 0 Å². The molecule has 1 aliphatic heterocycles. The summed E-state index contributed by atoms with van der Waals surface area (Å²) in [4.78, 5) is 28.7. The molecule has 156 valence electrons. The topological polar surface area (TPSA) is 71.6 Å². The first kappa shape index (κ1) is 20.0. The smallest absolute Gasteiger partial charge is 0.417 e. The first-order chi connectivity index (χ1) is 14.3. The van der Waals surface area contributed by atoms with Gasteiger partial charge >= 0.3 is 12.3 Å². The standard InChI is InChI=1S/C21H17F3N2O4/c1-29-11-14-10-26(20(28)30-14)13-7-6-12-8-18(25-19(27)16(12)9-13)15-4-2-3-5-17(15)21(22,23)24/h2-9,14H,10-11H2,1H3,(H,25,27)/t14-/m1/s1. The number of pyridine rings is 1. The Labute approximate surface area is 168 Å². The highest BCUT2D eigenvalue weighted by Gasteiger charge is 2.34. The predicted molar refractivity (Wildman–Crippen MR) is 104 cm³/mol. The summed E-state index contributed by atoms with van der Waals surface area (Å²) in [5, 5.41) is 0.708. The van der Waals surface area contributed by atoms with E-state index >= 15 is 0 Å². The van der Waals surface area contributed by atoms with Gasteiger partial charge in [-0.25, -0.2) is 4.79 Å². The Morgan fingerprint density at radius 1 is 1.17 bits per heavy atom. The number of cyclic esters (lactones) is 1. The summed E-state index contributed by atoms with van der Waals surface area (Å²) in [7, 11) is 1.50. The molecule has 0 radical (unpaired) electrons. The summed E-state index contributed by atoms with van der Waals surface area (Å²) in [6, 6.07) is 11.3. The Hall–Kier alpha value is -3.33. The fraction of sp³-hybridized carbons (Fsp3) is 0.238. The number of rotatable bonds is 4. The van der Waals surface area contributed by atoms with Gasteiger partial charge < -0.3 is 14.5 Å². The molecule has 1 aromatic heterocycles.